The molecule has 0 aromatic heterocycles. The summed E-state index contributed by atoms with van der Waals surface area (Å²) in [5.74, 6) is 0.993. The Bertz CT molecular complexity index is 325. The second-order valence-electron chi connectivity index (χ2n) is 5.88. The minimum Gasteiger partial charge on any atom is -0.311 e. The number of rotatable bonds is 5. The third-order valence-corrected chi connectivity index (χ3v) is 4.33. The van der Waals surface area contributed by atoms with E-state index in [0.717, 1.165) is 18.4 Å². The molecule has 1 aliphatic carbocycles. The molecule has 0 radical (unpaired) electrons. The molecule has 0 bridgehead atoms. The van der Waals surface area contributed by atoms with Crippen molar-refractivity contribution in [2.45, 2.75) is 64.5 Å². The van der Waals surface area contributed by atoms with Gasteiger partial charge in [0.05, 0.1) is 0 Å². The van der Waals surface area contributed by atoms with Crippen molar-refractivity contribution in [1.82, 2.24) is 5.32 Å². The van der Waals surface area contributed by atoms with Gasteiger partial charge in [-0.3, -0.25) is 0 Å². The number of benzene rings is 1. The zero-order chi connectivity index (χ0) is 12.8. The zero-order valence-electron chi connectivity index (χ0n) is 11.9. The van der Waals surface area contributed by atoms with Gasteiger partial charge in [-0.05, 0) is 50.5 Å². The Balaban J connectivity index is 1.73. The van der Waals surface area contributed by atoms with E-state index < -0.39 is 0 Å². The summed E-state index contributed by atoms with van der Waals surface area (Å²) < 4.78 is 0. The topological polar surface area (TPSA) is 12.0 Å². The van der Waals surface area contributed by atoms with Crippen LogP contribution < -0.4 is 5.32 Å². The first-order chi connectivity index (χ1) is 8.78. The SMILES string of the molecule is CCC1CCC(NC(C)Cc2ccccc2)CC1. The van der Waals surface area contributed by atoms with Crippen LogP contribution in [0.4, 0.5) is 0 Å². The van der Waals surface area contributed by atoms with E-state index in [2.05, 4.69) is 49.5 Å². The smallest absolute Gasteiger partial charge is 0.00817 e. The average Bonchev–Trinajstić information content (AvgIpc) is 2.40. The maximum Gasteiger partial charge on any atom is 0.00817 e. The van der Waals surface area contributed by atoms with E-state index in [1.807, 2.05) is 0 Å². The molecule has 1 aromatic rings. The van der Waals surface area contributed by atoms with Crippen molar-refractivity contribution in [3.8, 4) is 0 Å². The van der Waals surface area contributed by atoms with Crippen LogP contribution in [0, 0.1) is 5.92 Å². The first kappa shape index (κ1) is 13.6. The lowest BCUT2D eigenvalue weighted by Crippen LogP contribution is -2.40. The maximum absolute atomic E-state index is 3.81. The van der Waals surface area contributed by atoms with Crippen LogP contribution in [0.1, 0.15) is 51.5 Å². The van der Waals surface area contributed by atoms with Crippen molar-refractivity contribution in [2.75, 3.05) is 0 Å². The molecule has 1 atom stereocenters. The molecule has 0 saturated heterocycles. The Hall–Kier alpha value is -0.820. The fourth-order valence-electron chi connectivity index (χ4n) is 3.17. The van der Waals surface area contributed by atoms with Crippen LogP contribution in [0.2, 0.25) is 0 Å². The Morgan fingerprint density at radius 2 is 1.78 bits per heavy atom. The molecule has 2 rings (SSSR count). The summed E-state index contributed by atoms with van der Waals surface area (Å²) in [5, 5.41) is 3.81. The predicted molar refractivity (Wildman–Crippen MR) is 78.8 cm³/mol. The third kappa shape index (κ3) is 4.13. The molecule has 0 heterocycles. The van der Waals surface area contributed by atoms with Gasteiger partial charge in [-0.2, -0.15) is 0 Å². The standard InChI is InChI=1S/C17H27N/c1-3-15-9-11-17(12-10-15)18-14(2)13-16-7-5-4-6-8-16/h4-8,14-15,17-18H,3,9-13H2,1-2H3. The number of nitrogens with one attached hydrogen (secondary N) is 1. The van der Waals surface area contributed by atoms with E-state index in [1.54, 1.807) is 0 Å². The summed E-state index contributed by atoms with van der Waals surface area (Å²) in [5.41, 5.74) is 1.44. The molecule has 1 nitrogen and oxygen atoms in total. The molecule has 0 spiro atoms. The van der Waals surface area contributed by atoms with Crippen molar-refractivity contribution in [3.63, 3.8) is 0 Å². The molecular weight excluding hydrogens is 218 g/mol. The van der Waals surface area contributed by atoms with Crippen molar-refractivity contribution in [1.29, 1.82) is 0 Å². The summed E-state index contributed by atoms with van der Waals surface area (Å²) in [7, 11) is 0. The molecule has 1 N–H and O–H groups in total. The lowest BCUT2D eigenvalue weighted by atomic mass is 9.84. The first-order valence-electron chi connectivity index (χ1n) is 7.58. The molecule has 0 aliphatic heterocycles. The van der Waals surface area contributed by atoms with Gasteiger partial charge in [-0.1, -0.05) is 43.7 Å². The van der Waals surface area contributed by atoms with Gasteiger partial charge in [0.2, 0.25) is 0 Å². The normalized spacial score (nSPS) is 25.9. The van der Waals surface area contributed by atoms with E-state index in [4.69, 9.17) is 0 Å². The molecule has 1 aromatic carbocycles. The Morgan fingerprint density at radius 1 is 1.11 bits per heavy atom. The molecular formula is C17H27N. The van der Waals surface area contributed by atoms with Crippen LogP contribution in [-0.2, 0) is 6.42 Å². The highest BCUT2D eigenvalue weighted by Crippen LogP contribution is 2.26. The zero-order valence-corrected chi connectivity index (χ0v) is 11.9. The molecule has 18 heavy (non-hydrogen) atoms. The second kappa shape index (κ2) is 6.94. The van der Waals surface area contributed by atoms with Gasteiger partial charge in [-0.25, -0.2) is 0 Å². The lowest BCUT2D eigenvalue weighted by molar-refractivity contribution is 0.272. The van der Waals surface area contributed by atoms with E-state index >= 15 is 0 Å². The largest absolute Gasteiger partial charge is 0.311 e. The average molecular weight is 245 g/mol. The quantitative estimate of drug-likeness (QED) is 0.820. The summed E-state index contributed by atoms with van der Waals surface area (Å²) >= 11 is 0. The Labute approximate surface area is 112 Å². The monoisotopic (exact) mass is 245 g/mol. The highest BCUT2D eigenvalue weighted by Gasteiger charge is 2.20. The Kier molecular flexibility index (Phi) is 5.25. The lowest BCUT2D eigenvalue weighted by Gasteiger charge is -2.30. The van der Waals surface area contributed by atoms with Crippen molar-refractivity contribution >= 4 is 0 Å². The second-order valence-corrected chi connectivity index (χ2v) is 5.88. The van der Waals surface area contributed by atoms with E-state index in [0.29, 0.717) is 6.04 Å². The van der Waals surface area contributed by atoms with Crippen LogP contribution in [-0.4, -0.2) is 12.1 Å². The van der Waals surface area contributed by atoms with Gasteiger partial charge in [0, 0.05) is 12.1 Å². The maximum atomic E-state index is 3.81. The highest BCUT2D eigenvalue weighted by atomic mass is 14.9. The van der Waals surface area contributed by atoms with Gasteiger partial charge in [0.1, 0.15) is 0 Å². The molecule has 100 valence electrons. The van der Waals surface area contributed by atoms with Crippen LogP contribution in [0.3, 0.4) is 0 Å². The van der Waals surface area contributed by atoms with E-state index in [-0.39, 0.29) is 0 Å². The fraction of sp³-hybridized carbons (Fsp3) is 0.647. The van der Waals surface area contributed by atoms with Crippen molar-refractivity contribution < 1.29 is 0 Å². The van der Waals surface area contributed by atoms with Crippen molar-refractivity contribution in [2.24, 2.45) is 5.92 Å². The molecule has 1 aliphatic rings. The van der Waals surface area contributed by atoms with Gasteiger partial charge < -0.3 is 5.32 Å². The molecule has 1 fully saturated rings. The van der Waals surface area contributed by atoms with Crippen LogP contribution in [0.25, 0.3) is 0 Å². The summed E-state index contributed by atoms with van der Waals surface area (Å²) in [6, 6.07) is 12.2. The van der Waals surface area contributed by atoms with Gasteiger partial charge in [0.25, 0.3) is 0 Å². The number of hydrogen-bond donors (Lipinski definition) is 1. The van der Waals surface area contributed by atoms with E-state index in [9.17, 15) is 0 Å². The van der Waals surface area contributed by atoms with Gasteiger partial charge in [0.15, 0.2) is 0 Å². The fourth-order valence-corrected chi connectivity index (χ4v) is 3.17. The molecule has 0 amide bonds. The first-order valence-corrected chi connectivity index (χ1v) is 7.58. The van der Waals surface area contributed by atoms with Crippen LogP contribution >= 0.6 is 0 Å². The minimum atomic E-state index is 0.593. The highest BCUT2D eigenvalue weighted by molar-refractivity contribution is 5.15. The summed E-state index contributed by atoms with van der Waals surface area (Å²) in [6.45, 7) is 4.65. The Morgan fingerprint density at radius 3 is 2.39 bits per heavy atom. The van der Waals surface area contributed by atoms with Gasteiger partial charge in [-0.15, -0.1) is 0 Å². The molecule has 1 saturated carbocycles. The predicted octanol–water partition coefficient (Wildman–Crippen LogP) is 4.18. The summed E-state index contributed by atoms with van der Waals surface area (Å²) in [6.07, 6.45) is 8.11. The third-order valence-electron chi connectivity index (χ3n) is 4.33. The number of hydrogen-bond acceptors (Lipinski definition) is 1. The molecule has 1 unspecified atom stereocenters. The minimum absolute atomic E-state index is 0.593. The summed E-state index contributed by atoms with van der Waals surface area (Å²) in [4.78, 5) is 0. The van der Waals surface area contributed by atoms with Crippen LogP contribution in [0.15, 0.2) is 30.3 Å². The van der Waals surface area contributed by atoms with E-state index in [1.165, 1.54) is 37.7 Å². The van der Waals surface area contributed by atoms with Crippen LogP contribution in [0.5, 0.6) is 0 Å². The molecule has 1 heteroatoms. The van der Waals surface area contributed by atoms with Crippen molar-refractivity contribution in [3.05, 3.63) is 35.9 Å². The van der Waals surface area contributed by atoms with Gasteiger partial charge >= 0.3 is 0 Å².